The van der Waals surface area contributed by atoms with Gasteiger partial charge in [-0.1, -0.05) is 32.0 Å². The lowest BCUT2D eigenvalue weighted by atomic mass is 9.45. The first-order chi connectivity index (χ1) is 23.1. The monoisotopic (exact) mass is 656 g/mol. The molecular weight excluding hydrogens is 616 g/mol. The number of aliphatic hydroxyl groups is 2. The number of carbonyl (C=O) groups is 3. The molecule has 3 saturated carbocycles. The van der Waals surface area contributed by atoms with Gasteiger partial charge < -0.3 is 34.3 Å². The number of benzene rings is 2. The van der Waals surface area contributed by atoms with Crippen LogP contribution in [-0.2, 0) is 4.79 Å². The third-order valence-electron chi connectivity index (χ3n) is 11.3. The number of aliphatic hydroxyl groups excluding tert-OH is 2. The minimum Gasteiger partial charge on any atom is -0.493 e. The molecule has 2 aromatic carbocycles. The van der Waals surface area contributed by atoms with E-state index in [1.807, 2.05) is 0 Å². The van der Waals surface area contributed by atoms with E-state index < -0.39 is 41.6 Å². The zero-order valence-corrected chi connectivity index (χ0v) is 27.2. The van der Waals surface area contributed by atoms with Crippen LogP contribution in [0.5, 0.6) is 11.5 Å². The van der Waals surface area contributed by atoms with E-state index in [4.69, 9.17) is 13.9 Å². The molecular formula is C37H40N2O9. The van der Waals surface area contributed by atoms with Gasteiger partial charge in [-0.3, -0.25) is 14.4 Å². The molecule has 0 saturated heterocycles. The fourth-order valence-electron chi connectivity index (χ4n) is 8.70. The number of fused-ring (bicyclic) bond motifs is 6. The number of rotatable bonds is 9. The SMILES string of the molecule is COc1cc(C=O)cc2c1O[C@@H]1[C@@H](O)[C@H](N(C[C@@H]3CC[C@H]4C[C@@H]3C4(C)C)C(=O)c3cc4ccccc4oc3=O)C=C(C(=O)NCCO)[C@H]21. The van der Waals surface area contributed by atoms with Crippen molar-refractivity contribution in [1.29, 1.82) is 0 Å². The van der Waals surface area contributed by atoms with Crippen molar-refractivity contribution in [2.24, 2.45) is 23.2 Å². The van der Waals surface area contributed by atoms with Crippen molar-refractivity contribution in [3.05, 3.63) is 81.2 Å². The minimum atomic E-state index is -1.33. The molecule has 3 N–H and O–H groups in total. The van der Waals surface area contributed by atoms with Crippen LogP contribution >= 0.6 is 0 Å². The second-order valence-corrected chi connectivity index (χ2v) is 14.0. The molecule has 2 bridgehead atoms. The Balaban J connectivity index is 1.35. The number of ether oxygens (including phenoxy) is 2. The van der Waals surface area contributed by atoms with Crippen molar-refractivity contribution in [2.75, 3.05) is 26.8 Å². The lowest BCUT2D eigenvalue weighted by molar-refractivity contribution is -0.119. The van der Waals surface area contributed by atoms with E-state index in [2.05, 4.69) is 19.2 Å². The molecule has 11 nitrogen and oxygen atoms in total. The molecule has 2 heterocycles. The number of nitrogens with zero attached hydrogens (tertiary/aromatic N) is 1. The summed E-state index contributed by atoms with van der Waals surface area (Å²) in [5, 5.41) is 24.9. The molecule has 3 aromatic rings. The van der Waals surface area contributed by atoms with E-state index in [1.165, 1.54) is 24.1 Å². The summed E-state index contributed by atoms with van der Waals surface area (Å²) in [6.45, 7) is 4.45. The van der Waals surface area contributed by atoms with Gasteiger partial charge in [-0.25, -0.2) is 4.79 Å². The lowest BCUT2D eigenvalue weighted by Gasteiger charge is -2.61. The Hall–Kier alpha value is -4.48. The topological polar surface area (TPSA) is 156 Å². The first-order valence-electron chi connectivity index (χ1n) is 16.5. The predicted molar refractivity (Wildman–Crippen MR) is 175 cm³/mol. The molecule has 2 amide bonds. The van der Waals surface area contributed by atoms with Crippen LogP contribution in [0, 0.1) is 23.2 Å². The predicted octanol–water partition coefficient (Wildman–Crippen LogP) is 3.45. The maximum absolute atomic E-state index is 14.6. The second-order valence-electron chi connectivity index (χ2n) is 14.0. The van der Waals surface area contributed by atoms with Gasteiger partial charge >= 0.3 is 5.63 Å². The van der Waals surface area contributed by atoms with E-state index in [0.29, 0.717) is 46.0 Å². The Morgan fingerprint density at radius 3 is 2.67 bits per heavy atom. The fraction of sp³-hybridized carbons (Fsp3) is 0.459. The maximum atomic E-state index is 14.6. The molecule has 4 aliphatic carbocycles. The molecule has 252 valence electrons. The standard InChI is InChI=1S/C37H40N2O9/c1-37(2)22-9-8-21(26(37)15-22)17-39(35(44)25-14-20-6-4-5-7-28(20)47-36(25)45)27-16-24(34(43)38-10-11-40)30-23-12-19(18-41)13-29(46-3)32(23)48-33(30)31(27)42/h4-7,12-14,16,18,21-22,26-27,30-31,33,40,42H,8-11,15,17H2,1-3H3,(H,38,43)/t21-,22-,26-,27+,30-,31-,33-/m0/s1. The summed E-state index contributed by atoms with van der Waals surface area (Å²) in [6, 6.07) is 10.5. The Bertz CT molecular complexity index is 1880. The summed E-state index contributed by atoms with van der Waals surface area (Å²) in [4.78, 5) is 55.1. The molecule has 11 heteroatoms. The van der Waals surface area contributed by atoms with Crippen LogP contribution in [-0.4, -0.2) is 78.3 Å². The number of carbonyl (C=O) groups excluding carboxylic acids is 3. The average Bonchev–Trinajstić information content (AvgIpc) is 3.49. The number of nitrogens with one attached hydrogen (secondary N) is 1. The summed E-state index contributed by atoms with van der Waals surface area (Å²) < 4.78 is 17.4. The number of aldehydes is 1. The third kappa shape index (κ3) is 5.11. The molecule has 1 aromatic heterocycles. The van der Waals surface area contributed by atoms with Crippen LogP contribution in [0.1, 0.15) is 65.3 Å². The second kappa shape index (κ2) is 12.2. The van der Waals surface area contributed by atoms with Gasteiger partial charge in [0, 0.05) is 35.2 Å². The van der Waals surface area contributed by atoms with Gasteiger partial charge in [0.1, 0.15) is 29.6 Å². The highest BCUT2D eigenvalue weighted by atomic mass is 16.5. The van der Waals surface area contributed by atoms with Crippen LogP contribution in [0.2, 0.25) is 0 Å². The third-order valence-corrected chi connectivity index (χ3v) is 11.3. The van der Waals surface area contributed by atoms with Crippen molar-refractivity contribution < 1.29 is 38.5 Å². The van der Waals surface area contributed by atoms with E-state index in [1.54, 1.807) is 36.4 Å². The Morgan fingerprint density at radius 2 is 1.96 bits per heavy atom. The van der Waals surface area contributed by atoms with Crippen LogP contribution in [0.25, 0.3) is 11.0 Å². The number of para-hydroxylation sites is 1. The number of methoxy groups -OCH3 is 1. The highest BCUT2D eigenvalue weighted by molar-refractivity contribution is 5.99. The van der Waals surface area contributed by atoms with Gasteiger partial charge in [0.15, 0.2) is 11.5 Å². The van der Waals surface area contributed by atoms with Gasteiger partial charge in [-0.15, -0.1) is 0 Å². The Kier molecular flexibility index (Phi) is 8.15. The Labute approximate surface area is 277 Å². The van der Waals surface area contributed by atoms with Gasteiger partial charge in [0.25, 0.3) is 5.91 Å². The van der Waals surface area contributed by atoms with Gasteiger partial charge in [0.05, 0.1) is 25.7 Å². The fourth-order valence-corrected chi connectivity index (χ4v) is 8.70. The first-order valence-corrected chi connectivity index (χ1v) is 16.5. The van der Waals surface area contributed by atoms with Gasteiger partial charge in [-0.2, -0.15) is 0 Å². The Morgan fingerprint density at radius 1 is 1.17 bits per heavy atom. The molecule has 0 spiro atoms. The summed E-state index contributed by atoms with van der Waals surface area (Å²) in [6.07, 6.45) is 2.86. The zero-order chi connectivity index (χ0) is 33.9. The average molecular weight is 657 g/mol. The number of hydrogen-bond acceptors (Lipinski definition) is 9. The summed E-state index contributed by atoms with van der Waals surface area (Å²) in [7, 11) is 1.44. The largest absolute Gasteiger partial charge is 0.493 e. The van der Waals surface area contributed by atoms with Crippen molar-refractivity contribution >= 4 is 29.1 Å². The quantitative estimate of drug-likeness (QED) is 0.232. The van der Waals surface area contributed by atoms with Crippen molar-refractivity contribution in [2.45, 2.75) is 57.3 Å². The summed E-state index contributed by atoms with van der Waals surface area (Å²) in [5.41, 5.74) is 0.501. The van der Waals surface area contributed by atoms with E-state index >= 15 is 0 Å². The van der Waals surface area contributed by atoms with E-state index in [-0.39, 0.29) is 47.9 Å². The molecule has 3 fully saturated rings. The van der Waals surface area contributed by atoms with Gasteiger partial charge in [-0.05, 0) is 72.8 Å². The molecule has 7 atom stereocenters. The van der Waals surface area contributed by atoms with Crippen LogP contribution in [0.15, 0.2) is 63.3 Å². The summed E-state index contributed by atoms with van der Waals surface area (Å²) >= 11 is 0. The van der Waals surface area contributed by atoms with Crippen LogP contribution in [0.3, 0.4) is 0 Å². The number of hydrogen-bond donors (Lipinski definition) is 3. The van der Waals surface area contributed by atoms with Crippen molar-refractivity contribution in [1.82, 2.24) is 10.2 Å². The molecule has 8 rings (SSSR count). The summed E-state index contributed by atoms with van der Waals surface area (Å²) in [5.74, 6) is -0.294. The smallest absolute Gasteiger partial charge is 0.349 e. The van der Waals surface area contributed by atoms with Crippen LogP contribution in [0.4, 0.5) is 0 Å². The van der Waals surface area contributed by atoms with Gasteiger partial charge in [0.2, 0.25) is 5.91 Å². The maximum Gasteiger partial charge on any atom is 0.349 e. The molecule has 5 aliphatic rings. The number of amides is 2. The lowest BCUT2D eigenvalue weighted by Crippen LogP contribution is -2.60. The van der Waals surface area contributed by atoms with Crippen molar-refractivity contribution in [3.63, 3.8) is 0 Å². The first kappa shape index (κ1) is 32.1. The highest BCUT2D eigenvalue weighted by Gasteiger charge is 2.56. The minimum absolute atomic E-state index is 0.0209. The molecule has 1 aliphatic heterocycles. The normalized spacial score (nSPS) is 27.9. The molecule has 0 unspecified atom stereocenters. The van der Waals surface area contributed by atoms with Crippen molar-refractivity contribution in [3.8, 4) is 11.5 Å². The molecule has 0 radical (unpaired) electrons. The zero-order valence-electron chi connectivity index (χ0n) is 27.2. The van der Waals surface area contributed by atoms with E-state index in [9.17, 15) is 29.4 Å². The van der Waals surface area contributed by atoms with E-state index in [0.717, 1.165) is 19.3 Å². The highest BCUT2D eigenvalue weighted by Crippen LogP contribution is 2.61. The molecule has 48 heavy (non-hydrogen) atoms. The van der Waals surface area contributed by atoms with Crippen LogP contribution < -0.4 is 20.4 Å².